The summed E-state index contributed by atoms with van der Waals surface area (Å²) in [6.45, 7) is 1.35. The summed E-state index contributed by atoms with van der Waals surface area (Å²) in [6, 6.07) is -0.470. The number of nitrogens with two attached hydrogens (primary N) is 1. The lowest BCUT2D eigenvalue weighted by Crippen LogP contribution is -2.37. The average molecular weight is 275 g/mol. The third kappa shape index (κ3) is 2.95. The van der Waals surface area contributed by atoms with Gasteiger partial charge in [-0.25, -0.2) is 13.2 Å². The predicted octanol–water partition coefficient (Wildman–Crippen LogP) is -0.304. The second-order valence-corrected chi connectivity index (χ2v) is 7.25. The van der Waals surface area contributed by atoms with Gasteiger partial charge in [-0.1, -0.05) is 12.8 Å². The van der Waals surface area contributed by atoms with E-state index >= 15 is 0 Å². The highest BCUT2D eigenvalue weighted by Gasteiger charge is 2.48. The van der Waals surface area contributed by atoms with Crippen molar-refractivity contribution in [3.63, 3.8) is 0 Å². The second kappa shape index (κ2) is 5.44. The maximum Gasteiger partial charge on any atom is 0.318 e. The SMILES string of the molecule is NCCCCCCN1C(=O)N[C@@H]2CS(=O)(=O)C[C@@H]21. The molecule has 6 nitrogen and oxygen atoms in total. The average Bonchev–Trinajstić information content (AvgIpc) is 2.71. The minimum Gasteiger partial charge on any atom is -0.332 e. The third-order valence-corrected chi connectivity index (χ3v) is 5.36. The number of nitrogens with zero attached hydrogens (tertiary/aromatic N) is 1. The highest BCUT2D eigenvalue weighted by molar-refractivity contribution is 7.91. The van der Waals surface area contributed by atoms with Gasteiger partial charge in [0.05, 0.1) is 23.6 Å². The van der Waals surface area contributed by atoms with Crippen molar-refractivity contribution < 1.29 is 13.2 Å². The van der Waals surface area contributed by atoms with Crippen molar-refractivity contribution >= 4 is 15.9 Å². The highest BCUT2D eigenvalue weighted by atomic mass is 32.2. The first-order valence-electron chi connectivity index (χ1n) is 6.51. The van der Waals surface area contributed by atoms with Crippen LogP contribution in [0.5, 0.6) is 0 Å². The molecule has 2 aliphatic heterocycles. The van der Waals surface area contributed by atoms with Crippen LogP contribution in [0, 0.1) is 0 Å². The van der Waals surface area contributed by atoms with Crippen LogP contribution in [0.15, 0.2) is 0 Å². The van der Waals surface area contributed by atoms with Gasteiger partial charge in [0.15, 0.2) is 9.84 Å². The van der Waals surface area contributed by atoms with Crippen molar-refractivity contribution in [2.24, 2.45) is 5.73 Å². The number of unbranched alkanes of at least 4 members (excludes halogenated alkanes) is 3. The number of hydrogen-bond acceptors (Lipinski definition) is 4. The molecule has 0 aliphatic carbocycles. The smallest absolute Gasteiger partial charge is 0.318 e. The second-order valence-electron chi connectivity index (χ2n) is 5.10. The first-order valence-corrected chi connectivity index (χ1v) is 8.33. The van der Waals surface area contributed by atoms with Gasteiger partial charge in [-0.15, -0.1) is 0 Å². The van der Waals surface area contributed by atoms with E-state index in [0.717, 1.165) is 25.7 Å². The van der Waals surface area contributed by atoms with E-state index in [1.54, 1.807) is 4.90 Å². The van der Waals surface area contributed by atoms with Crippen LogP contribution in [-0.2, 0) is 9.84 Å². The number of amides is 2. The van der Waals surface area contributed by atoms with Gasteiger partial charge >= 0.3 is 6.03 Å². The van der Waals surface area contributed by atoms with Gasteiger partial charge in [-0.3, -0.25) is 0 Å². The van der Waals surface area contributed by atoms with E-state index in [1.165, 1.54) is 0 Å². The summed E-state index contributed by atoms with van der Waals surface area (Å²) < 4.78 is 23.0. The molecule has 0 unspecified atom stereocenters. The van der Waals surface area contributed by atoms with Crippen LogP contribution in [-0.4, -0.2) is 56.0 Å². The largest absolute Gasteiger partial charge is 0.332 e. The lowest BCUT2D eigenvalue weighted by molar-refractivity contribution is 0.205. The topological polar surface area (TPSA) is 92.5 Å². The molecule has 0 bridgehead atoms. The molecule has 2 aliphatic rings. The van der Waals surface area contributed by atoms with Crippen LogP contribution in [0.1, 0.15) is 25.7 Å². The number of fused-ring (bicyclic) bond motifs is 1. The number of urea groups is 1. The third-order valence-electron chi connectivity index (χ3n) is 3.65. The van der Waals surface area contributed by atoms with Gasteiger partial charge in [-0.05, 0) is 19.4 Å². The van der Waals surface area contributed by atoms with E-state index in [9.17, 15) is 13.2 Å². The van der Waals surface area contributed by atoms with Crippen LogP contribution in [0.25, 0.3) is 0 Å². The molecule has 2 heterocycles. The predicted molar refractivity (Wildman–Crippen MR) is 69.0 cm³/mol. The number of nitrogens with one attached hydrogen (secondary N) is 1. The van der Waals surface area contributed by atoms with Crippen LogP contribution in [0.3, 0.4) is 0 Å². The molecular weight excluding hydrogens is 254 g/mol. The summed E-state index contributed by atoms with van der Waals surface area (Å²) in [6.07, 6.45) is 4.02. The van der Waals surface area contributed by atoms with E-state index in [1.807, 2.05) is 0 Å². The van der Waals surface area contributed by atoms with Crippen molar-refractivity contribution in [2.45, 2.75) is 37.8 Å². The summed E-state index contributed by atoms with van der Waals surface area (Å²) in [5.74, 6) is 0.201. The van der Waals surface area contributed by atoms with Crippen LogP contribution < -0.4 is 11.1 Å². The summed E-state index contributed by atoms with van der Waals surface area (Å²) in [7, 11) is -2.97. The van der Waals surface area contributed by atoms with Crippen LogP contribution in [0.4, 0.5) is 4.79 Å². The maximum absolute atomic E-state index is 11.7. The van der Waals surface area contributed by atoms with Gasteiger partial charge in [0.1, 0.15) is 0 Å². The number of rotatable bonds is 6. The fraction of sp³-hybridized carbons (Fsp3) is 0.909. The molecule has 2 rings (SSSR count). The Hall–Kier alpha value is -0.820. The molecule has 7 heteroatoms. The quantitative estimate of drug-likeness (QED) is 0.514. The number of carbonyl (C=O) groups is 1. The molecule has 2 amide bonds. The molecular formula is C11H21N3O3S. The monoisotopic (exact) mass is 275 g/mol. The van der Waals surface area contributed by atoms with Crippen molar-refractivity contribution in [3.8, 4) is 0 Å². The zero-order valence-electron chi connectivity index (χ0n) is 10.5. The number of sulfone groups is 1. The summed E-state index contributed by atoms with van der Waals surface area (Å²) in [5.41, 5.74) is 5.41. The molecule has 0 saturated carbocycles. The van der Waals surface area contributed by atoms with Crippen LogP contribution >= 0.6 is 0 Å². The fourth-order valence-electron chi connectivity index (χ4n) is 2.71. The highest BCUT2D eigenvalue weighted by Crippen LogP contribution is 2.24. The molecule has 0 radical (unpaired) electrons. The Morgan fingerprint density at radius 1 is 1.22 bits per heavy atom. The Bertz CT molecular complexity index is 410. The molecule has 2 atom stereocenters. The Balaban J connectivity index is 1.82. The molecule has 18 heavy (non-hydrogen) atoms. The summed E-state index contributed by atoms with van der Waals surface area (Å²) >= 11 is 0. The van der Waals surface area contributed by atoms with Gasteiger partial charge in [0.25, 0.3) is 0 Å². The van der Waals surface area contributed by atoms with E-state index < -0.39 is 9.84 Å². The van der Waals surface area contributed by atoms with E-state index in [0.29, 0.717) is 13.1 Å². The normalized spacial score (nSPS) is 29.4. The standard InChI is InChI=1S/C11H21N3O3S/c12-5-3-1-2-4-6-14-10-8-18(16,17)7-9(10)13-11(14)15/h9-10H,1-8,12H2,(H,13,15)/t9-,10+/m1/s1. The molecule has 2 fully saturated rings. The fourth-order valence-corrected chi connectivity index (χ4v) is 4.63. The Kier molecular flexibility index (Phi) is 4.11. The van der Waals surface area contributed by atoms with Gasteiger partial charge in [-0.2, -0.15) is 0 Å². The zero-order chi connectivity index (χ0) is 13.2. The molecule has 0 aromatic carbocycles. The Morgan fingerprint density at radius 3 is 2.67 bits per heavy atom. The van der Waals surface area contributed by atoms with Gasteiger partial charge < -0.3 is 16.0 Å². The van der Waals surface area contributed by atoms with Crippen molar-refractivity contribution in [1.82, 2.24) is 10.2 Å². The van der Waals surface area contributed by atoms with Crippen LogP contribution in [0.2, 0.25) is 0 Å². The number of carbonyl (C=O) groups excluding carboxylic acids is 1. The van der Waals surface area contributed by atoms with Crippen molar-refractivity contribution in [2.75, 3.05) is 24.6 Å². The maximum atomic E-state index is 11.7. The number of hydrogen-bond donors (Lipinski definition) is 2. The van der Waals surface area contributed by atoms with Crippen molar-refractivity contribution in [1.29, 1.82) is 0 Å². The molecule has 0 spiro atoms. The van der Waals surface area contributed by atoms with E-state index in [4.69, 9.17) is 5.73 Å². The zero-order valence-corrected chi connectivity index (χ0v) is 11.3. The summed E-state index contributed by atoms with van der Waals surface area (Å²) in [4.78, 5) is 13.4. The molecule has 104 valence electrons. The van der Waals surface area contributed by atoms with E-state index in [2.05, 4.69) is 5.32 Å². The lowest BCUT2D eigenvalue weighted by Gasteiger charge is -2.20. The first kappa shape index (κ1) is 13.6. The summed E-state index contributed by atoms with van der Waals surface area (Å²) in [5, 5.41) is 2.76. The molecule has 0 aromatic heterocycles. The Labute approximate surface area is 108 Å². The van der Waals surface area contributed by atoms with E-state index in [-0.39, 0.29) is 29.6 Å². The first-order chi connectivity index (χ1) is 8.53. The van der Waals surface area contributed by atoms with Gasteiger partial charge in [0, 0.05) is 6.54 Å². The minimum atomic E-state index is -2.97. The molecule has 3 N–H and O–H groups in total. The minimum absolute atomic E-state index is 0.0904. The molecule has 2 saturated heterocycles. The lowest BCUT2D eigenvalue weighted by atomic mass is 10.1. The Morgan fingerprint density at radius 2 is 1.94 bits per heavy atom. The van der Waals surface area contributed by atoms with Gasteiger partial charge in [0.2, 0.25) is 0 Å². The van der Waals surface area contributed by atoms with Crippen molar-refractivity contribution in [3.05, 3.63) is 0 Å². The molecule has 0 aromatic rings.